The number of carbonyl (C=O) groups is 1. The van der Waals surface area contributed by atoms with Gasteiger partial charge in [-0.2, -0.15) is 0 Å². The summed E-state index contributed by atoms with van der Waals surface area (Å²) >= 11 is 3.59. The topological polar surface area (TPSA) is 26.3 Å². The highest BCUT2D eigenvalue weighted by atomic mass is 79.9. The van der Waals surface area contributed by atoms with Crippen molar-refractivity contribution in [2.24, 2.45) is 5.41 Å². The van der Waals surface area contributed by atoms with Crippen LogP contribution in [-0.4, -0.2) is 12.6 Å². The van der Waals surface area contributed by atoms with Gasteiger partial charge < -0.3 is 4.74 Å². The van der Waals surface area contributed by atoms with Crippen LogP contribution in [0.4, 0.5) is 0 Å². The van der Waals surface area contributed by atoms with E-state index in [-0.39, 0.29) is 11.4 Å². The zero-order valence-corrected chi connectivity index (χ0v) is 13.2. The zero-order chi connectivity index (χ0) is 13.6. The number of hydrogen-bond acceptors (Lipinski definition) is 2. The molecule has 0 aliphatic heterocycles. The van der Waals surface area contributed by atoms with Crippen molar-refractivity contribution >= 4 is 21.9 Å². The second-order valence-corrected chi connectivity index (χ2v) is 5.89. The lowest BCUT2D eigenvalue weighted by atomic mass is 9.86. The Hall–Kier alpha value is -0.570. The van der Waals surface area contributed by atoms with Crippen molar-refractivity contribution in [3.63, 3.8) is 0 Å². The molecule has 0 heterocycles. The van der Waals surface area contributed by atoms with Crippen LogP contribution in [-0.2, 0) is 9.53 Å². The standard InChI is InChI=1S/C15H23BrO2/c1-4-6-7-8-9-15(3)11-12(10-13(15)16)14(17)18-5-2/h10-11H,4-9H2,1-3H3. The van der Waals surface area contributed by atoms with E-state index in [1.54, 1.807) is 0 Å². The predicted octanol–water partition coefficient (Wildman–Crippen LogP) is 4.75. The van der Waals surface area contributed by atoms with Crippen molar-refractivity contribution in [3.8, 4) is 0 Å². The smallest absolute Gasteiger partial charge is 0.337 e. The monoisotopic (exact) mass is 314 g/mol. The van der Waals surface area contributed by atoms with Gasteiger partial charge in [-0.05, 0) is 19.4 Å². The molecule has 0 aromatic carbocycles. The van der Waals surface area contributed by atoms with E-state index in [1.165, 1.54) is 25.7 Å². The van der Waals surface area contributed by atoms with Crippen LogP contribution >= 0.6 is 15.9 Å². The molecule has 2 nitrogen and oxygen atoms in total. The first-order valence-corrected chi connectivity index (χ1v) is 7.60. The van der Waals surface area contributed by atoms with Gasteiger partial charge in [0.15, 0.2) is 0 Å². The van der Waals surface area contributed by atoms with E-state index in [9.17, 15) is 4.79 Å². The third-order valence-corrected chi connectivity index (χ3v) is 4.50. The maximum absolute atomic E-state index is 11.7. The number of rotatable bonds is 7. The summed E-state index contributed by atoms with van der Waals surface area (Å²) in [6.45, 7) is 6.64. The van der Waals surface area contributed by atoms with Crippen molar-refractivity contribution in [1.82, 2.24) is 0 Å². The molecule has 18 heavy (non-hydrogen) atoms. The lowest BCUT2D eigenvalue weighted by molar-refractivity contribution is -0.138. The third-order valence-electron chi connectivity index (χ3n) is 3.36. The molecule has 3 heteroatoms. The number of allylic oxidation sites excluding steroid dienone is 2. The fraction of sp³-hybridized carbons (Fsp3) is 0.667. The van der Waals surface area contributed by atoms with E-state index in [0.29, 0.717) is 12.2 Å². The third kappa shape index (κ3) is 3.98. The maximum atomic E-state index is 11.7. The van der Waals surface area contributed by atoms with Gasteiger partial charge in [0, 0.05) is 9.90 Å². The Balaban J connectivity index is 2.61. The highest BCUT2D eigenvalue weighted by Crippen LogP contribution is 2.44. The molecule has 1 atom stereocenters. The van der Waals surface area contributed by atoms with Crippen molar-refractivity contribution in [2.45, 2.75) is 52.9 Å². The Kier molecular flexibility index (Phi) is 6.13. The normalized spacial score (nSPS) is 22.7. The molecule has 0 radical (unpaired) electrons. The van der Waals surface area contributed by atoms with Crippen molar-refractivity contribution in [3.05, 3.63) is 22.2 Å². The molecule has 0 saturated carbocycles. The van der Waals surface area contributed by atoms with Crippen LogP contribution < -0.4 is 0 Å². The van der Waals surface area contributed by atoms with E-state index >= 15 is 0 Å². The molecule has 0 spiro atoms. The summed E-state index contributed by atoms with van der Waals surface area (Å²) in [7, 11) is 0. The largest absolute Gasteiger partial charge is 0.462 e. The second kappa shape index (κ2) is 7.13. The number of esters is 1. The second-order valence-electron chi connectivity index (χ2n) is 5.04. The van der Waals surface area contributed by atoms with Crippen molar-refractivity contribution in [2.75, 3.05) is 6.61 Å². The summed E-state index contributed by atoms with van der Waals surface area (Å²) in [5.41, 5.74) is 0.650. The lowest BCUT2D eigenvalue weighted by Gasteiger charge is -2.22. The molecule has 0 amide bonds. The van der Waals surface area contributed by atoms with Crippen LogP contribution in [0.3, 0.4) is 0 Å². The van der Waals surface area contributed by atoms with E-state index < -0.39 is 0 Å². The first-order chi connectivity index (χ1) is 8.53. The van der Waals surface area contributed by atoms with Gasteiger partial charge in [0.2, 0.25) is 0 Å². The zero-order valence-electron chi connectivity index (χ0n) is 11.6. The van der Waals surface area contributed by atoms with Gasteiger partial charge in [-0.1, -0.05) is 61.5 Å². The van der Waals surface area contributed by atoms with Gasteiger partial charge in [0.05, 0.1) is 12.2 Å². The van der Waals surface area contributed by atoms with E-state index in [1.807, 2.05) is 19.1 Å². The maximum Gasteiger partial charge on any atom is 0.337 e. The SMILES string of the molecule is CCCCCCC1(C)C=C(C(=O)OCC)C=C1Br. The van der Waals surface area contributed by atoms with Crippen LogP contribution in [0.2, 0.25) is 0 Å². The summed E-state index contributed by atoms with van der Waals surface area (Å²) in [5, 5.41) is 0. The molecular weight excluding hydrogens is 292 g/mol. The molecule has 0 saturated heterocycles. The van der Waals surface area contributed by atoms with Gasteiger partial charge in [-0.3, -0.25) is 0 Å². The molecule has 1 unspecified atom stereocenters. The lowest BCUT2D eigenvalue weighted by Crippen LogP contribution is -2.11. The molecular formula is C15H23BrO2. The Morgan fingerprint density at radius 3 is 2.67 bits per heavy atom. The minimum atomic E-state index is -0.216. The molecule has 102 valence electrons. The highest BCUT2D eigenvalue weighted by Gasteiger charge is 2.32. The molecule has 0 N–H and O–H groups in total. The summed E-state index contributed by atoms with van der Waals surface area (Å²) in [6, 6.07) is 0. The molecule has 0 fully saturated rings. The number of hydrogen-bond donors (Lipinski definition) is 0. The molecule has 0 bridgehead atoms. The van der Waals surface area contributed by atoms with E-state index in [4.69, 9.17) is 4.74 Å². The molecule has 1 aliphatic carbocycles. The number of halogens is 1. The van der Waals surface area contributed by atoms with Gasteiger partial charge in [0.25, 0.3) is 0 Å². The highest BCUT2D eigenvalue weighted by molar-refractivity contribution is 9.11. The number of unbranched alkanes of at least 4 members (excludes halogenated alkanes) is 3. The van der Waals surface area contributed by atoms with Crippen LogP contribution in [0.1, 0.15) is 52.9 Å². The molecule has 1 rings (SSSR count). The Bertz CT molecular complexity index is 358. The van der Waals surface area contributed by atoms with Crippen LogP contribution in [0.15, 0.2) is 22.2 Å². The van der Waals surface area contributed by atoms with Gasteiger partial charge in [-0.15, -0.1) is 0 Å². The summed E-state index contributed by atoms with van der Waals surface area (Å²) in [6.07, 6.45) is 10.0. The van der Waals surface area contributed by atoms with Crippen LogP contribution in [0, 0.1) is 5.41 Å². The van der Waals surface area contributed by atoms with Gasteiger partial charge in [0.1, 0.15) is 0 Å². The first-order valence-electron chi connectivity index (χ1n) is 6.81. The van der Waals surface area contributed by atoms with E-state index in [0.717, 1.165) is 10.9 Å². The summed E-state index contributed by atoms with van der Waals surface area (Å²) in [5.74, 6) is -0.216. The van der Waals surface area contributed by atoms with Crippen LogP contribution in [0.5, 0.6) is 0 Å². The van der Waals surface area contributed by atoms with E-state index in [2.05, 4.69) is 29.8 Å². The first kappa shape index (κ1) is 15.5. The minimum absolute atomic E-state index is 0.0319. The minimum Gasteiger partial charge on any atom is -0.462 e. The molecule has 0 aromatic rings. The quantitative estimate of drug-likeness (QED) is 0.501. The predicted molar refractivity (Wildman–Crippen MR) is 78.6 cm³/mol. The average molecular weight is 315 g/mol. The summed E-state index contributed by atoms with van der Waals surface area (Å²) < 4.78 is 6.13. The van der Waals surface area contributed by atoms with Crippen molar-refractivity contribution in [1.29, 1.82) is 0 Å². The van der Waals surface area contributed by atoms with Crippen LogP contribution in [0.25, 0.3) is 0 Å². The summed E-state index contributed by atoms with van der Waals surface area (Å²) in [4.78, 5) is 11.7. The van der Waals surface area contributed by atoms with Gasteiger partial charge >= 0.3 is 5.97 Å². The van der Waals surface area contributed by atoms with Gasteiger partial charge in [-0.25, -0.2) is 4.79 Å². The number of carbonyl (C=O) groups excluding carboxylic acids is 1. The molecule has 0 aromatic heterocycles. The average Bonchev–Trinajstić information content (AvgIpc) is 2.63. The fourth-order valence-corrected chi connectivity index (χ4v) is 2.76. The molecule has 1 aliphatic rings. The fourth-order valence-electron chi connectivity index (χ4n) is 2.20. The van der Waals surface area contributed by atoms with Crippen molar-refractivity contribution < 1.29 is 9.53 Å². The Morgan fingerprint density at radius 2 is 2.06 bits per heavy atom. The number of ether oxygens (including phenoxy) is 1. The Morgan fingerprint density at radius 1 is 1.33 bits per heavy atom. The Labute approximate surface area is 119 Å².